The van der Waals surface area contributed by atoms with Crippen molar-refractivity contribution in [1.82, 2.24) is 0 Å². The molecule has 0 aliphatic rings. The molecular weight excluding hydrogens is 127 g/mol. The van der Waals surface area contributed by atoms with Crippen LogP contribution < -0.4 is 0 Å². The van der Waals surface area contributed by atoms with Gasteiger partial charge in [0.1, 0.15) is 0 Å². The topological polar surface area (TPSA) is 9.23 Å². The standard InChI is InChI=1S/C3H7AsO/c1-2-5-3-4/h2-3H2,1H3. The average Bonchev–Trinajstić information content (AvgIpc) is 1.41. The first-order valence-corrected chi connectivity index (χ1v) is 2.93. The average molecular weight is 134 g/mol. The van der Waals surface area contributed by atoms with Crippen LogP contribution in [0.15, 0.2) is 0 Å². The van der Waals surface area contributed by atoms with Crippen molar-refractivity contribution < 1.29 is 4.74 Å². The van der Waals surface area contributed by atoms with Gasteiger partial charge < -0.3 is 0 Å². The summed E-state index contributed by atoms with van der Waals surface area (Å²) < 4.78 is 4.81. The fraction of sp³-hybridized carbons (Fsp3) is 1.00. The van der Waals surface area contributed by atoms with Crippen LogP contribution in [0.5, 0.6) is 0 Å². The van der Waals surface area contributed by atoms with Crippen LogP contribution in [-0.4, -0.2) is 28.9 Å². The zero-order valence-electron chi connectivity index (χ0n) is 3.27. The van der Waals surface area contributed by atoms with Crippen molar-refractivity contribution in [2.24, 2.45) is 0 Å². The zero-order valence-corrected chi connectivity index (χ0v) is 5.15. The van der Waals surface area contributed by atoms with E-state index in [1.807, 2.05) is 6.92 Å². The van der Waals surface area contributed by atoms with Gasteiger partial charge in [0.25, 0.3) is 0 Å². The normalized spacial score (nSPS) is 8.40. The third-order valence-corrected chi connectivity index (χ3v) is 0.678. The molecule has 0 aromatic rings. The van der Waals surface area contributed by atoms with E-state index in [9.17, 15) is 0 Å². The molecule has 30 valence electrons. The van der Waals surface area contributed by atoms with Crippen molar-refractivity contribution in [3.05, 3.63) is 0 Å². The molecule has 0 atom stereocenters. The van der Waals surface area contributed by atoms with Crippen molar-refractivity contribution in [1.29, 1.82) is 0 Å². The number of hydrogen-bond acceptors (Lipinski definition) is 1. The molecule has 0 heterocycles. The molecule has 1 nitrogen and oxygen atoms in total. The molecule has 0 aromatic heterocycles. The first kappa shape index (κ1) is 5.52. The summed E-state index contributed by atoms with van der Waals surface area (Å²) >= 11 is 2.36. The van der Waals surface area contributed by atoms with Crippen LogP contribution in [0.1, 0.15) is 6.92 Å². The third kappa shape index (κ3) is 4.52. The van der Waals surface area contributed by atoms with E-state index >= 15 is 0 Å². The van der Waals surface area contributed by atoms with Gasteiger partial charge in [-0.2, -0.15) is 0 Å². The second-order valence-electron chi connectivity index (χ2n) is 0.622. The number of ether oxygens (including phenoxy) is 1. The van der Waals surface area contributed by atoms with E-state index in [-0.39, 0.29) is 0 Å². The first-order chi connectivity index (χ1) is 2.41. The van der Waals surface area contributed by atoms with Gasteiger partial charge in [-0.3, -0.25) is 0 Å². The van der Waals surface area contributed by atoms with Crippen molar-refractivity contribution in [3.63, 3.8) is 0 Å². The monoisotopic (exact) mass is 134 g/mol. The summed E-state index contributed by atoms with van der Waals surface area (Å²) in [6.45, 7) is 2.81. The van der Waals surface area contributed by atoms with Gasteiger partial charge in [0.05, 0.1) is 0 Å². The van der Waals surface area contributed by atoms with Crippen LogP contribution in [-0.2, 0) is 4.74 Å². The van der Waals surface area contributed by atoms with Crippen molar-refractivity contribution in [2.45, 2.75) is 6.92 Å². The molecule has 0 aliphatic carbocycles. The van der Waals surface area contributed by atoms with Gasteiger partial charge in [-0.15, -0.1) is 0 Å². The zero-order chi connectivity index (χ0) is 4.12. The summed E-state index contributed by atoms with van der Waals surface area (Å²) in [6.07, 6.45) is 0. The van der Waals surface area contributed by atoms with Gasteiger partial charge in [-0.25, -0.2) is 0 Å². The van der Waals surface area contributed by atoms with Crippen LogP contribution in [0.3, 0.4) is 0 Å². The molecule has 2 heteroatoms. The maximum atomic E-state index is 4.81. The van der Waals surface area contributed by atoms with E-state index < -0.39 is 0 Å². The van der Waals surface area contributed by atoms with Gasteiger partial charge in [0.2, 0.25) is 0 Å². The van der Waals surface area contributed by atoms with Crippen molar-refractivity contribution in [3.8, 4) is 0 Å². The molecule has 5 heavy (non-hydrogen) atoms. The molecule has 0 amide bonds. The molecule has 0 aromatic carbocycles. The molecule has 0 saturated heterocycles. The Morgan fingerprint density at radius 2 is 2.40 bits per heavy atom. The molecule has 0 fully saturated rings. The van der Waals surface area contributed by atoms with Crippen molar-refractivity contribution in [2.75, 3.05) is 12.0 Å². The van der Waals surface area contributed by atoms with E-state index in [1.54, 1.807) is 0 Å². The van der Waals surface area contributed by atoms with Crippen LogP contribution in [0.25, 0.3) is 0 Å². The Morgan fingerprint density at radius 1 is 1.80 bits per heavy atom. The SMILES string of the molecule is CCOC[As]. The molecular formula is C3H7AsO. The summed E-state index contributed by atoms with van der Waals surface area (Å²) in [5.74, 6) is 0. The minimum atomic E-state index is 0.781. The van der Waals surface area contributed by atoms with Gasteiger partial charge >= 0.3 is 40.5 Å². The summed E-state index contributed by atoms with van der Waals surface area (Å²) in [5.41, 5.74) is 0. The van der Waals surface area contributed by atoms with E-state index in [1.165, 1.54) is 0 Å². The Balaban J connectivity index is 2.19. The van der Waals surface area contributed by atoms with Crippen LogP contribution >= 0.6 is 0 Å². The second kappa shape index (κ2) is 4.52. The predicted octanol–water partition coefficient (Wildman–Crippen LogP) is 0.149. The Kier molecular flexibility index (Phi) is 4.99. The molecule has 0 saturated carbocycles. The van der Waals surface area contributed by atoms with Gasteiger partial charge in [0.15, 0.2) is 0 Å². The molecule has 0 spiro atoms. The summed E-state index contributed by atoms with van der Waals surface area (Å²) in [7, 11) is 0. The summed E-state index contributed by atoms with van der Waals surface area (Å²) in [5, 5.41) is 0.781. The van der Waals surface area contributed by atoms with E-state index in [2.05, 4.69) is 16.9 Å². The second-order valence-corrected chi connectivity index (χ2v) is 1.16. The van der Waals surface area contributed by atoms with Gasteiger partial charge in [0, 0.05) is 0 Å². The van der Waals surface area contributed by atoms with Crippen LogP contribution in [0.4, 0.5) is 0 Å². The molecule has 0 bridgehead atoms. The maximum absolute atomic E-state index is 4.81. The minimum absolute atomic E-state index is 0.781. The molecule has 0 unspecified atom stereocenters. The summed E-state index contributed by atoms with van der Waals surface area (Å²) in [4.78, 5) is 0. The summed E-state index contributed by atoms with van der Waals surface area (Å²) in [6, 6.07) is 0. The Hall–Kier alpha value is 0.518. The Labute approximate surface area is 41.2 Å². The Bertz CT molecular complexity index is 14.4. The van der Waals surface area contributed by atoms with E-state index in [0.29, 0.717) is 0 Å². The number of hydrogen-bond donors (Lipinski definition) is 0. The molecule has 0 N–H and O–H groups in total. The number of rotatable bonds is 2. The fourth-order valence-electron chi connectivity index (χ4n) is 0.0913. The van der Waals surface area contributed by atoms with Crippen LogP contribution in [0.2, 0.25) is 0 Å². The molecule has 0 rings (SSSR count). The quantitative estimate of drug-likeness (QED) is 0.488. The van der Waals surface area contributed by atoms with Gasteiger partial charge in [-0.05, 0) is 0 Å². The van der Waals surface area contributed by atoms with E-state index in [0.717, 1.165) is 12.0 Å². The van der Waals surface area contributed by atoms with Crippen molar-refractivity contribution >= 4 is 16.9 Å². The third-order valence-electron chi connectivity index (χ3n) is 0.295. The van der Waals surface area contributed by atoms with E-state index in [4.69, 9.17) is 4.74 Å². The van der Waals surface area contributed by atoms with Gasteiger partial charge in [-0.1, -0.05) is 0 Å². The predicted molar refractivity (Wildman–Crippen MR) is 22.2 cm³/mol. The Morgan fingerprint density at radius 3 is 2.40 bits per heavy atom. The van der Waals surface area contributed by atoms with Crippen LogP contribution in [0, 0.1) is 0 Å². The molecule has 2 radical (unpaired) electrons. The molecule has 0 aliphatic heterocycles. The first-order valence-electron chi connectivity index (χ1n) is 1.60. The fourth-order valence-corrected chi connectivity index (χ4v) is 0.474.